The van der Waals surface area contributed by atoms with Crippen molar-refractivity contribution in [3.05, 3.63) is 0 Å². The summed E-state index contributed by atoms with van der Waals surface area (Å²) in [4.78, 5) is 37.1. The number of nitrogens with zero attached hydrogens (tertiary/aromatic N) is 1. The van der Waals surface area contributed by atoms with Crippen molar-refractivity contribution in [3.63, 3.8) is 0 Å². The molecular formula is C12H18N2O3. The number of urea groups is 1. The summed E-state index contributed by atoms with van der Waals surface area (Å²) < 4.78 is 0. The van der Waals surface area contributed by atoms with Gasteiger partial charge in [-0.15, -0.1) is 0 Å². The second kappa shape index (κ2) is 3.55. The molecular weight excluding hydrogens is 220 g/mol. The molecule has 0 unspecified atom stereocenters. The standard InChI is InChI=1S/C12H18N2O3/c1-4-11(3,5-2)14-9(16)12(6-7-12)8(15)13-10(14)17/h4-7H2,1-3H3,(H,13,15,17). The van der Waals surface area contributed by atoms with Crippen LogP contribution in [0.1, 0.15) is 46.5 Å². The predicted molar refractivity (Wildman–Crippen MR) is 61.0 cm³/mol. The lowest BCUT2D eigenvalue weighted by molar-refractivity contribution is -0.148. The Balaban J connectivity index is 2.37. The number of hydrogen-bond donors (Lipinski definition) is 1. The Morgan fingerprint density at radius 2 is 1.76 bits per heavy atom. The van der Waals surface area contributed by atoms with Gasteiger partial charge in [-0.25, -0.2) is 4.79 Å². The minimum Gasteiger partial charge on any atom is -0.277 e. The van der Waals surface area contributed by atoms with Gasteiger partial charge in [0.25, 0.3) is 0 Å². The van der Waals surface area contributed by atoms with Crippen LogP contribution >= 0.6 is 0 Å². The molecule has 2 aliphatic rings. The van der Waals surface area contributed by atoms with E-state index >= 15 is 0 Å². The highest BCUT2D eigenvalue weighted by molar-refractivity contribution is 6.21. The Hall–Kier alpha value is -1.39. The van der Waals surface area contributed by atoms with Crippen molar-refractivity contribution in [1.82, 2.24) is 10.2 Å². The summed E-state index contributed by atoms with van der Waals surface area (Å²) in [6, 6.07) is -0.566. The van der Waals surface area contributed by atoms with E-state index in [0.29, 0.717) is 25.7 Å². The maximum absolute atomic E-state index is 12.3. The van der Waals surface area contributed by atoms with Gasteiger partial charge in [-0.2, -0.15) is 0 Å². The van der Waals surface area contributed by atoms with Crippen LogP contribution in [-0.4, -0.2) is 28.3 Å². The highest BCUT2D eigenvalue weighted by Crippen LogP contribution is 2.50. The number of hydrogen-bond acceptors (Lipinski definition) is 3. The van der Waals surface area contributed by atoms with E-state index in [0.717, 1.165) is 0 Å². The Labute approximate surface area is 101 Å². The number of nitrogens with one attached hydrogen (secondary N) is 1. The maximum Gasteiger partial charge on any atom is 0.331 e. The Kier molecular flexibility index (Phi) is 2.52. The van der Waals surface area contributed by atoms with E-state index in [4.69, 9.17) is 0 Å². The van der Waals surface area contributed by atoms with E-state index in [-0.39, 0.29) is 5.91 Å². The second-order valence-electron chi connectivity index (χ2n) is 5.19. The molecule has 1 N–H and O–H groups in total. The van der Waals surface area contributed by atoms with Gasteiger partial charge in [0, 0.05) is 5.54 Å². The molecule has 5 nitrogen and oxygen atoms in total. The number of barbiturate groups is 1. The van der Waals surface area contributed by atoms with Gasteiger partial charge in [0.2, 0.25) is 11.8 Å². The predicted octanol–water partition coefficient (Wildman–Crippen LogP) is 1.42. The highest BCUT2D eigenvalue weighted by atomic mass is 16.2. The van der Waals surface area contributed by atoms with Crippen molar-refractivity contribution in [2.75, 3.05) is 0 Å². The first kappa shape index (κ1) is 12.1. The lowest BCUT2D eigenvalue weighted by Gasteiger charge is -2.42. The topological polar surface area (TPSA) is 66.5 Å². The minimum absolute atomic E-state index is 0.308. The molecule has 1 saturated heterocycles. The zero-order chi connectivity index (χ0) is 12.8. The van der Waals surface area contributed by atoms with Crippen molar-refractivity contribution in [2.24, 2.45) is 5.41 Å². The molecule has 0 bridgehead atoms. The molecule has 0 atom stereocenters. The first-order valence-electron chi connectivity index (χ1n) is 6.11. The molecule has 1 aliphatic heterocycles. The molecule has 0 aromatic heterocycles. The lowest BCUT2D eigenvalue weighted by atomic mass is 9.89. The van der Waals surface area contributed by atoms with Crippen LogP contribution in [0.4, 0.5) is 4.79 Å². The van der Waals surface area contributed by atoms with Crippen LogP contribution in [0.3, 0.4) is 0 Å². The molecule has 0 radical (unpaired) electrons. The Morgan fingerprint density at radius 1 is 1.24 bits per heavy atom. The molecule has 1 heterocycles. The van der Waals surface area contributed by atoms with Crippen molar-refractivity contribution >= 4 is 17.8 Å². The summed E-state index contributed by atoms with van der Waals surface area (Å²) in [5.41, 5.74) is -1.43. The van der Waals surface area contributed by atoms with E-state index < -0.39 is 22.9 Å². The molecule has 17 heavy (non-hydrogen) atoms. The van der Waals surface area contributed by atoms with Crippen LogP contribution in [0.25, 0.3) is 0 Å². The monoisotopic (exact) mass is 238 g/mol. The Bertz CT molecular complexity index is 395. The van der Waals surface area contributed by atoms with Crippen molar-refractivity contribution in [3.8, 4) is 0 Å². The van der Waals surface area contributed by atoms with E-state index in [2.05, 4.69) is 5.32 Å². The third-order valence-electron chi connectivity index (χ3n) is 4.28. The van der Waals surface area contributed by atoms with Gasteiger partial charge in [-0.1, -0.05) is 13.8 Å². The molecule has 2 rings (SSSR count). The molecule has 1 spiro atoms. The van der Waals surface area contributed by atoms with E-state index in [9.17, 15) is 14.4 Å². The summed E-state index contributed by atoms with van der Waals surface area (Å²) >= 11 is 0. The summed E-state index contributed by atoms with van der Waals surface area (Å²) in [6.07, 6.45) is 2.50. The third kappa shape index (κ3) is 1.48. The number of amides is 4. The number of imide groups is 2. The third-order valence-corrected chi connectivity index (χ3v) is 4.28. The maximum atomic E-state index is 12.3. The number of carbonyl (C=O) groups is 3. The molecule has 2 fully saturated rings. The van der Waals surface area contributed by atoms with Gasteiger partial charge >= 0.3 is 6.03 Å². The van der Waals surface area contributed by atoms with Crippen LogP contribution in [-0.2, 0) is 9.59 Å². The quantitative estimate of drug-likeness (QED) is 0.756. The van der Waals surface area contributed by atoms with Crippen LogP contribution in [0.5, 0.6) is 0 Å². The number of rotatable bonds is 3. The minimum atomic E-state index is -0.931. The fourth-order valence-corrected chi connectivity index (χ4v) is 2.30. The first-order chi connectivity index (χ1) is 7.91. The van der Waals surface area contributed by atoms with Gasteiger partial charge in [0.05, 0.1) is 0 Å². The molecule has 0 aromatic rings. The zero-order valence-electron chi connectivity index (χ0n) is 10.5. The van der Waals surface area contributed by atoms with Crippen LogP contribution < -0.4 is 5.32 Å². The molecule has 0 aromatic carbocycles. The summed E-state index contributed by atoms with van der Waals surface area (Å²) in [5.74, 6) is -0.726. The SMILES string of the molecule is CCC(C)(CC)N1C(=O)NC(=O)C2(CC2)C1=O. The smallest absolute Gasteiger partial charge is 0.277 e. The van der Waals surface area contributed by atoms with Gasteiger partial charge in [0.15, 0.2) is 0 Å². The Morgan fingerprint density at radius 3 is 2.18 bits per heavy atom. The zero-order valence-corrected chi connectivity index (χ0v) is 10.5. The highest BCUT2D eigenvalue weighted by Gasteiger charge is 2.64. The summed E-state index contributed by atoms with van der Waals surface area (Å²) in [5, 5.41) is 2.31. The van der Waals surface area contributed by atoms with Gasteiger partial charge in [-0.05, 0) is 32.6 Å². The van der Waals surface area contributed by atoms with E-state index in [1.807, 2.05) is 20.8 Å². The van der Waals surface area contributed by atoms with Crippen LogP contribution in [0.2, 0.25) is 0 Å². The van der Waals surface area contributed by atoms with E-state index in [1.165, 1.54) is 4.90 Å². The van der Waals surface area contributed by atoms with Crippen molar-refractivity contribution in [1.29, 1.82) is 0 Å². The van der Waals surface area contributed by atoms with Gasteiger partial charge in [-0.3, -0.25) is 19.8 Å². The van der Waals surface area contributed by atoms with Crippen LogP contribution in [0.15, 0.2) is 0 Å². The molecule has 1 aliphatic carbocycles. The molecule has 1 saturated carbocycles. The molecule has 4 amide bonds. The van der Waals surface area contributed by atoms with Crippen LogP contribution in [0, 0.1) is 5.41 Å². The number of carbonyl (C=O) groups excluding carboxylic acids is 3. The van der Waals surface area contributed by atoms with Gasteiger partial charge < -0.3 is 0 Å². The fourth-order valence-electron chi connectivity index (χ4n) is 2.30. The normalized spacial score (nSPS) is 23.0. The fraction of sp³-hybridized carbons (Fsp3) is 0.750. The van der Waals surface area contributed by atoms with Crippen molar-refractivity contribution < 1.29 is 14.4 Å². The average Bonchev–Trinajstić information content (AvgIpc) is 3.08. The van der Waals surface area contributed by atoms with Crippen molar-refractivity contribution in [2.45, 2.75) is 52.0 Å². The lowest BCUT2D eigenvalue weighted by Crippen LogP contribution is -2.65. The first-order valence-corrected chi connectivity index (χ1v) is 6.11. The molecule has 94 valence electrons. The van der Waals surface area contributed by atoms with Gasteiger partial charge in [0.1, 0.15) is 5.41 Å². The second-order valence-corrected chi connectivity index (χ2v) is 5.19. The summed E-state index contributed by atoms with van der Waals surface area (Å²) in [7, 11) is 0. The average molecular weight is 238 g/mol. The van der Waals surface area contributed by atoms with E-state index in [1.54, 1.807) is 0 Å². The largest absolute Gasteiger partial charge is 0.331 e. The summed E-state index contributed by atoms with van der Waals surface area (Å²) in [6.45, 7) is 5.77. The molecule has 5 heteroatoms.